The molecule has 3 aromatic carbocycles. The number of thioether (sulfide) groups is 1. The molecule has 0 saturated carbocycles. The standard InChI is InChI=1S/C24H23N3O2S/c1-17-9-14-22(29-3)19(15-17)16-30-24-26-25-23(18-10-12-21(28-2)13-11-18)27(24)20-7-5-4-6-8-20/h4-15H,16H2,1-3H3. The van der Waals surface area contributed by atoms with Crippen molar-refractivity contribution in [1.29, 1.82) is 0 Å². The van der Waals surface area contributed by atoms with Crippen LogP contribution in [0.4, 0.5) is 0 Å². The second-order valence-electron chi connectivity index (χ2n) is 6.81. The van der Waals surface area contributed by atoms with Crippen molar-refractivity contribution in [3.05, 3.63) is 83.9 Å². The number of rotatable bonds is 7. The van der Waals surface area contributed by atoms with Crippen LogP contribution in [0, 0.1) is 6.92 Å². The summed E-state index contributed by atoms with van der Waals surface area (Å²) in [5, 5.41) is 9.85. The van der Waals surface area contributed by atoms with Gasteiger partial charge in [-0.2, -0.15) is 0 Å². The van der Waals surface area contributed by atoms with Gasteiger partial charge in [0, 0.05) is 22.6 Å². The number of aromatic nitrogens is 3. The zero-order valence-corrected chi connectivity index (χ0v) is 18.0. The highest BCUT2D eigenvalue weighted by Crippen LogP contribution is 2.32. The summed E-state index contributed by atoms with van der Waals surface area (Å²) in [5.41, 5.74) is 4.34. The summed E-state index contributed by atoms with van der Waals surface area (Å²) in [6, 6.07) is 24.3. The molecule has 0 aliphatic heterocycles. The summed E-state index contributed by atoms with van der Waals surface area (Å²) in [7, 11) is 3.36. The van der Waals surface area contributed by atoms with E-state index in [1.807, 2.05) is 48.5 Å². The van der Waals surface area contributed by atoms with Gasteiger partial charge in [0.15, 0.2) is 11.0 Å². The van der Waals surface area contributed by atoms with Gasteiger partial charge in [-0.05, 0) is 49.4 Å². The van der Waals surface area contributed by atoms with E-state index in [0.717, 1.165) is 45.0 Å². The van der Waals surface area contributed by atoms with Crippen molar-refractivity contribution in [2.24, 2.45) is 0 Å². The molecule has 6 heteroatoms. The van der Waals surface area contributed by atoms with Crippen LogP contribution < -0.4 is 9.47 Å². The summed E-state index contributed by atoms with van der Waals surface area (Å²) in [4.78, 5) is 0. The van der Waals surface area contributed by atoms with Crippen LogP contribution in [0.1, 0.15) is 11.1 Å². The second kappa shape index (κ2) is 9.05. The second-order valence-corrected chi connectivity index (χ2v) is 7.75. The molecule has 0 radical (unpaired) electrons. The van der Waals surface area contributed by atoms with E-state index in [0.29, 0.717) is 0 Å². The molecule has 0 aliphatic carbocycles. The van der Waals surface area contributed by atoms with Crippen LogP contribution in [0.3, 0.4) is 0 Å². The van der Waals surface area contributed by atoms with Crippen LogP contribution >= 0.6 is 11.8 Å². The first-order valence-corrected chi connectivity index (χ1v) is 10.6. The lowest BCUT2D eigenvalue weighted by Crippen LogP contribution is -2.00. The average molecular weight is 418 g/mol. The van der Waals surface area contributed by atoms with E-state index in [-0.39, 0.29) is 0 Å². The number of aryl methyl sites for hydroxylation is 1. The van der Waals surface area contributed by atoms with Crippen LogP contribution in [-0.4, -0.2) is 29.0 Å². The van der Waals surface area contributed by atoms with E-state index in [1.54, 1.807) is 26.0 Å². The minimum Gasteiger partial charge on any atom is -0.497 e. The van der Waals surface area contributed by atoms with E-state index in [2.05, 4.69) is 46.0 Å². The predicted molar refractivity (Wildman–Crippen MR) is 121 cm³/mol. The van der Waals surface area contributed by atoms with E-state index < -0.39 is 0 Å². The molecule has 0 atom stereocenters. The average Bonchev–Trinajstić information content (AvgIpc) is 3.22. The lowest BCUT2D eigenvalue weighted by Gasteiger charge is -2.12. The highest BCUT2D eigenvalue weighted by Gasteiger charge is 2.17. The molecule has 0 saturated heterocycles. The molecule has 1 aromatic heterocycles. The number of nitrogens with zero attached hydrogens (tertiary/aromatic N) is 3. The molecule has 30 heavy (non-hydrogen) atoms. The highest BCUT2D eigenvalue weighted by molar-refractivity contribution is 7.98. The maximum atomic E-state index is 5.53. The minimum absolute atomic E-state index is 0.735. The Bertz CT molecular complexity index is 1130. The fourth-order valence-corrected chi connectivity index (χ4v) is 4.19. The molecule has 0 unspecified atom stereocenters. The lowest BCUT2D eigenvalue weighted by atomic mass is 10.1. The van der Waals surface area contributed by atoms with Crippen LogP contribution in [0.2, 0.25) is 0 Å². The Hall–Kier alpha value is -3.25. The normalized spacial score (nSPS) is 10.8. The fourth-order valence-electron chi connectivity index (χ4n) is 3.26. The number of para-hydroxylation sites is 1. The molecular formula is C24H23N3O2S. The van der Waals surface area contributed by atoms with Crippen molar-refractivity contribution in [1.82, 2.24) is 14.8 Å². The molecule has 152 valence electrons. The zero-order chi connectivity index (χ0) is 20.9. The van der Waals surface area contributed by atoms with E-state index >= 15 is 0 Å². The Balaban J connectivity index is 1.71. The first-order valence-electron chi connectivity index (χ1n) is 9.61. The molecule has 4 aromatic rings. The molecule has 0 bridgehead atoms. The first-order chi connectivity index (χ1) is 14.7. The van der Waals surface area contributed by atoms with Gasteiger partial charge in [0.05, 0.1) is 14.2 Å². The van der Waals surface area contributed by atoms with Gasteiger partial charge in [0.1, 0.15) is 11.5 Å². The number of hydrogen-bond acceptors (Lipinski definition) is 5. The molecule has 4 rings (SSSR count). The lowest BCUT2D eigenvalue weighted by molar-refractivity contribution is 0.411. The van der Waals surface area contributed by atoms with Crippen molar-refractivity contribution in [2.75, 3.05) is 14.2 Å². The number of methoxy groups -OCH3 is 2. The molecular weight excluding hydrogens is 394 g/mol. The molecule has 0 amide bonds. The Morgan fingerprint density at radius 2 is 1.63 bits per heavy atom. The van der Waals surface area contributed by atoms with Gasteiger partial charge in [-0.3, -0.25) is 4.57 Å². The van der Waals surface area contributed by atoms with Crippen molar-refractivity contribution in [3.63, 3.8) is 0 Å². The molecule has 0 fully saturated rings. The summed E-state index contributed by atoms with van der Waals surface area (Å²) in [5.74, 6) is 3.22. The van der Waals surface area contributed by atoms with E-state index in [4.69, 9.17) is 9.47 Å². The third-order valence-corrected chi connectivity index (χ3v) is 5.77. The summed E-state index contributed by atoms with van der Waals surface area (Å²) < 4.78 is 12.9. The van der Waals surface area contributed by atoms with E-state index in [9.17, 15) is 0 Å². The third-order valence-electron chi connectivity index (χ3n) is 4.79. The third kappa shape index (κ3) is 4.19. The van der Waals surface area contributed by atoms with Crippen LogP contribution in [0.5, 0.6) is 11.5 Å². The van der Waals surface area contributed by atoms with Crippen molar-refractivity contribution in [3.8, 4) is 28.6 Å². The van der Waals surface area contributed by atoms with Gasteiger partial charge >= 0.3 is 0 Å². The smallest absolute Gasteiger partial charge is 0.196 e. The summed E-state index contributed by atoms with van der Waals surface area (Å²) in [6.45, 7) is 2.09. The van der Waals surface area contributed by atoms with Gasteiger partial charge in [-0.1, -0.05) is 47.7 Å². The summed E-state index contributed by atoms with van der Waals surface area (Å²) in [6.07, 6.45) is 0. The van der Waals surface area contributed by atoms with E-state index in [1.165, 1.54) is 5.56 Å². The Kier molecular flexibility index (Phi) is 6.05. The molecule has 5 nitrogen and oxygen atoms in total. The fraction of sp³-hybridized carbons (Fsp3) is 0.167. The van der Waals surface area contributed by atoms with Gasteiger partial charge in [-0.15, -0.1) is 10.2 Å². The Morgan fingerprint density at radius 1 is 0.867 bits per heavy atom. The van der Waals surface area contributed by atoms with Crippen LogP contribution in [-0.2, 0) is 5.75 Å². The van der Waals surface area contributed by atoms with Crippen molar-refractivity contribution < 1.29 is 9.47 Å². The largest absolute Gasteiger partial charge is 0.497 e. The van der Waals surface area contributed by atoms with Crippen LogP contribution in [0.25, 0.3) is 17.1 Å². The van der Waals surface area contributed by atoms with Gasteiger partial charge in [0.25, 0.3) is 0 Å². The molecule has 0 aliphatic rings. The maximum Gasteiger partial charge on any atom is 0.196 e. The number of benzene rings is 3. The SMILES string of the molecule is COc1ccc(-c2nnc(SCc3cc(C)ccc3OC)n2-c2ccccc2)cc1. The monoisotopic (exact) mass is 417 g/mol. The maximum absolute atomic E-state index is 5.53. The Morgan fingerprint density at radius 3 is 2.33 bits per heavy atom. The summed E-state index contributed by atoms with van der Waals surface area (Å²) >= 11 is 1.64. The molecule has 1 heterocycles. The topological polar surface area (TPSA) is 49.2 Å². The van der Waals surface area contributed by atoms with Crippen LogP contribution in [0.15, 0.2) is 78.0 Å². The van der Waals surface area contributed by atoms with Gasteiger partial charge in [0.2, 0.25) is 0 Å². The predicted octanol–water partition coefficient (Wildman–Crippen LogP) is 5.55. The Labute approximate surface area is 180 Å². The first kappa shape index (κ1) is 20.0. The number of ether oxygens (including phenoxy) is 2. The van der Waals surface area contributed by atoms with Crippen molar-refractivity contribution >= 4 is 11.8 Å². The quantitative estimate of drug-likeness (QED) is 0.369. The molecule has 0 N–H and O–H groups in total. The van der Waals surface area contributed by atoms with Gasteiger partial charge < -0.3 is 9.47 Å². The van der Waals surface area contributed by atoms with Gasteiger partial charge in [-0.25, -0.2) is 0 Å². The highest BCUT2D eigenvalue weighted by atomic mass is 32.2. The zero-order valence-electron chi connectivity index (χ0n) is 17.2. The van der Waals surface area contributed by atoms with Crippen molar-refractivity contribution in [2.45, 2.75) is 17.8 Å². The minimum atomic E-state index is 0.735. The number of hydrogen-bond donors (Lipinski definition) is 0. The molecule has 0 spiro atoms.